The van der Waals surface area contributed by atoms with Crippen molar-refractivity contribution in [2.75, 3.05) is 19.6 Å². The molecule has 2 aromatic rings. The number of imidazole rings is 1. The lowest BCUT2D eigenvalue weighted by atomic mass is 10.1. The SMILES string of the molecule is CCc1cc(=O)[nH]c(CN2CCNCC2c2nccn2C)n1.Cl. The summed E-state index contributed by atoms with van der Waals surface area (Å²) in [7, 11) is 2.01. The molecular formula is C15H23ClN6O. The zero-order valence-electron chi connectivity index (χ0n) is 13.5. The van der Waals surface area contributed by atoms with Gasteiger partial charge < -0.3 is 14.9 Å². The second-order valence-corrected chi connectivity index (χ2v) is 5.62. The molecule has 126 valence electrons. The molecule has 3 heterocycles. The van der Waals surface area contributed by atoms with Crippen molar-refractivity contribution < 1.29 is 0 Å². The third-order valence-electron chi connectivity index (χ3n) is 4.07. The molecule has 1 fully saturated rings. The fraction of sp³-hybridized carbons (Fsp3) is 0.533. The maximum absolute atomic E-state index is 11.7. The van der Waals surface area contributed by atoms with Crippen LogP contribution in [0.25, 0.3) is 0 Å². The van der Waals surface area contributed by atoms with Gasteiger partial charge in [-0.05, 0) is 6.42 Å². The molecule has 0 aliphatic carbocycles. The first-order valence-electron chi connectivity index (χ1n) is 7.68. The Kier molecular flexibility index (Phi) is 5.92. The molecule has 0 spiro atoms. The smallest absolute Gasteiger partial charge is 0.251 e. The number of aromatic nitrogens is 4. The number of nitrogens with zero attached hydrogens (tertiary/aromatic N) is 4. The Labute approximate surface area is 141 Å². The number of aryl methyl sites for hydroxylation is 2. The number of rotatable bonds is 4. The molecular weight excluding hydrogens is 316 g/mol. The van der Waals surface area contributed by atoms with Crippen LogP contribution in [0.2, 0.25) is 0 Å². The van der Waals surface area contributed by atoms with Gasteiger partial charge in [0.2, 0.25) is 0 Å². The van der Waals surface area contributed by atoms with Gasteiger partial charge in [-0.25, -0.2) is 9.97 Å². The molecule has 3 rings (SSSR count). The highest BCUT2D eigenvalue weighted by Gasteiger charge is 2.27. The monoisotopic (exact) mass is 338 g/mol. The summed E-state index contributed by atoms with van der Waals surface area (Å²) in [6, 6.07) is 1.75. The quantitative estimate of drug-likeness (QED) is 0.855. The third kappa shape index (κ3) is 3.99. The number of hydrogen-bond donors (Lipinski definition) is 2. The minimum Gasteiger partial charge on any atom is -0.337 e. The fourth-order valence-corrected chi connectivity index (χ4v) is 2.90. The molecule has 1 aliphatic rings. The Balaban J connectivity index is 0.00000192. The summed E-state index contributed by atoms with van der Waals surface area (Å²) in [6.07, 6.45) is 4.54. The van der Waals surface area contributed by atoms with Gasteiger partial charge in [-0.2, -0.15) is 0 Å². The lowest BCUT2D eigenvalue weighted by Crippen LogP contribution is -2.46. The molecule has 8 heteroatoms. The van der Waals surface area contributed by atoms with Crippen molar-refractivity contribution in [3.63, 3.8) is 0 Å². The number of aromatic amines is 1. The van der Waals surface area contributed by atoms with Crippen molar-refractivity contribution in [1.29, 1.82) is 0 Å². The van der Waals surface area contributed by atoms with Gasteiger partial charge in [-0.3, -0.25) is 9.69 Å². The first-order valence-corrected chi connectivity index (χ1v) is 7.68. The van der Waals surface area contributed by atoms with E-state index in [-0.39, 0.29) is 24.0 Å². The molecule has 7 nitrogen and oxygen atoms in total. The number of nitrogens with one attached hydrogen (secondary N) is 2. The molecule has 0 saturated carbocycles. The zero-order chi connectivity index (χ0) is 15.5. The predicted molar refractivity (Wildman–Crippen MR) is 90.7 cm³/mol. The van der Waals surface area contributed by atoms with E-state index in [1.54, 1.807) is 6.07 Å². The van der Waals surface area contributed by atoms with Crippen LogP contribution in [-0.2, 0) is 20.0 Å². The summed E-state index contributed by atoms with van der Waals surface area (Å²) in [5, 5.41) is 3.41. The van der Waals surface area contributed by atoms with E-state index >= 15 is 0 Å². The largest absolute Gasteiger partial charge is 0.337 e. The Morgan fingerprint density at radius 2 is 2.26 bits per heavy atom. The summed E-state index contributed by atoms with van der Waals surface area (Å²) < 4.78 is 2.04. The molecule has 1 atom stereocenters. The Bertz CT molecular complexity index is 697. The molecule has 0 amide bonds. The molecule has 23 heavy (non-hydrogen) atoms. The topological polar surface area (TPSA) is 78.8 Å². The van der Waals surface area contributed by atoms with Crippen LogP contribution >= 0.6 is 12.4 Å². The first-order chi connectivity index (χ1) is 10.7. The predicted octanol–water partition coefficient (Wildman–Crippen LogP) is 0.634. The van der Waals surface area contributed by atoms with Crippen molar-refractivity contribution in [2.45, 2.75) is 25.9 Å². The van der Waals surface area contributed by atoms with Crippen LogP contribution in [0.15, 0.2) is 23.3 Å². The number of halogens is 1. The van der Waals surface area contributed by atoms with E-state index in [0.717, 1.165) is 43.4 Å². The third-order valence-corrected chi connectivity index (χ3v) is 4.07. The van der Waals surface area contributed by atoms with Crippen molar-refractivity contribution in [2.24, 2.45) is 7.05 Å². The highest BCUT2D eigenvalue weighted by Crippen LogP contribution is 2.21. The van der Waals surface area contributed by atoms with Gasteiger partial charge in [0.05, 0.1) is 12.6 Å². The van der Waals surface area contributed by atoms with Crippen molar-refractivity contribution >= 4 is 12.4 Å². The van der Waals surface area contributed by atoms with Crippen LogP contribution in [-0.4, -0.2) is 44.1 Å². The zero-order valence-corrected chi connectivity index (χ0v) is 14.3. The first kappa shape index (κ1) is 17.7. The van der Waals surface area contributed by atoms with Gasteiger partial charge in [0.1, 0.15) is 11.6 Å². The lowest BCUT2D eigenvalue weighted by Gasteiger charge is -2.35. The minimum atomic E-state index is -0.0782. The number of piperazine rings is 1. The standard InChI is InChI=1S/C15H22N6O.ClH/c1-3-11-8-14(22)19-13(18-11)10-21-7-4-16-9-12(21)15-17-5-6-20(15)2;/h5-6,8,12,16H,3-4,7,9-10H2,1-2H3,(H,18,19,22);1H. The second-order valence-electron chi connectivity index (χ2n) is 5.62. The van der Waals surface area contributed by atoms with Gasteiger partial charge in [0.15, 0.2) is 0 Å². The molecule has 2 N–H and O–H groups in total. The minimum absolute atomic E-state index is 0. The highest BCUT2D eigenvalue weighted by atomic mass is 35.5. The summed E-state index contributed by atoms with van der Waals surface area (Å²) in [5.41, 5.74) is 0.757. The Morgan fingerprint density at radius 3 is 2.96 bits per heavy atom. The molecule has 0 radical (unpaired) electrons. The van der Waals surface area contributed by atoms with Crippen LogP contribution in [0.3, 0.4) is 0 Å². The lowest BCUT2D eigenvalue weighted by molar-refractivity contribution is 0.141. The van der Waals surface area contributed by atoms with Crippen LogP contribution in [0.4, 0.5) is 0 Å². The van der Waals surface area contributed by atoms with E-state index in [4.69, 9.17) is 0 Å². The number of H-pyrrole nitrogens is 1. The molecule has 1 saturated heterocycles. The summed E-state index contributed by atoms with van der Waals surface area (Å²) >= 11 is 0. The van der Waals surface area contributed by atoms with Crippen LogP contribution in [0.5, 0.6) is 0 Å². The average Bonchev–Trinajstić information content (AvgIpc) is 2.93. The van der Waals surface area contributed by atoms with Crippen LogP contribution in [0, 0.1) is 0 Å². The highest BCUT2D eigenvalue weighted by molar-refractivity contribution is 5.85. The van der Waals surface area contributed by atoms with Gasteiger partial charge in [0, 0.05) is 50.8 Å². The fourth-order valence-electron chi connectivity index (χ4n) is 2.90. The summed E-state index contributed by atoms with van der Waals surface area (Å²) in [5.74, 6) is 1.76. The van der Waals surface area contributed by atoms with E-state index < -0.39 is 0 Å². The second kappa shape index (κ2) is 7.72. The number of hydrogen-bond acceptors (Lipinski definition) is 5. The van der Waals surface area contributed by atoms with E-state index in [0.29, 0.717) is 6.54 Å². The maximum Gasteiger partial charge on any atom is 0.251 e. The van der Waals surface area contributed by atoms with E-state index in [2.05, 4.69) is 25.2 Å². The van der Waals surface area contributed by atoms with Gasteiger partial charge in [-0.1, -0.05) is 6.92 Å². The van der Waals surface area contributed by atoms with E-state index in [1.807, 2.05) is 30.9 Å². The van der Waals surface area contributed by atoms with E-state index in [1.165, 1.54) is 0 Å². The van der Waals surface area contributed by atoms with Gasteiger partial charge in [0.25, 0.3) is 5.56 Å². The van der Waals surface area contributed by atoms with Gasteiger partial charge >= 0.3 is 0 Å². The summed E-state index contributed by atoms with van der Waals surface area (Å²) in [6.45, 7) is 5.31. The average molecular weight is 339 g/mol. The molecule has 2 aromatic heterocycles. The Hall–Kier alpha value is -1.70. The Morgan fingerprint density at radius 1 is 1.43 bits per heavy atom. The maximum atomic E-state index is 11.7. The van der Waals surface area contributed by atoms with Crippen LogP contribution in [0.1, 0.15) is 30.3 Å². The van der Waals surface area contributed by atoms with Crippen molar-refractivity contribution in [1.82, 2.24) is 29.7 Å². The molecule has 1 aliphatic heterocycles. The normalized spacial score (nSPS) is 18.6. The molecule has 1 unspecified atom stereocenters. The molecule has 0 aromatic carbocycles. The van der Waals surface area contributed by atoms with Crippen molar-refractivity contribution in [3.05, 3.63) is 46.2 Å². The van der Waals surface area contributed by atoms with Crippen molar-refractivity contribution in [3.8, 4) is 0 Å². The van der Waals surface area contributed by atoms with E-state index in [9.17, 15) is 4.79 Å². The summed E-state index contributed by atoms with van der Waals surface area (Å²) in [4.78, 5) is 25.9. The van der Waals surface area contributed by atoms with Crippen LogP contribution < -0.4 is 10.9 Å². The van der Waals surface area contributed by atoms with Gasteiger partial charge in [-0.15, -0.1) is 12.4 Å². The molecule has 0 bridgehead atoms.